The maximum Gasteiger partial charge on any atom is 0.327 e. The molecule has 4 atom stereocenters. The van der Waals surface area contributed by atoms with Gasteiger partial charge in [0, 0.05) is 18.7 Å². The molecule has 1 aliphatic heterocycles. The van der Waals surface area contributed by atoms with E-state index >= 15 is 0 Å². The minimum atomic E-state index is -1.31. The van der Waals surface area contributed by atoms with Crippen molar-refractivity contribution in [2.75, 3.05) is 12.3 Å². The molecule has 0 aliphatic carbocycles. The smallest absolute Gasteiger partial charge is 0.327 e. The van der Waals surface area contributed by atoms with Crippen molar-refractivity contribution in [1.29, 1.82) is 0 Å². The number of likely N-dealkylation sites (tertiary alicyclic amines) is 1. The summed E-state index contributed by atoms with van der Waals surface area (Å²) >= 11 is 3.92. The number of phenols is 1. The highest BCUT2D eigenvalue weighted by Crippen LogP contribution is 2.20. The lowest BCUT2D eigenvalue weighted by Gasteiger charge is -2.28. The van der Waals surface area contributed by atoms with Gasteiger partial charge in [0.15, 0.2) is 0 Å². The first-order chi connectivity index (χ1) is 16.0. The summed E-state index contributed by atoms with van der Waals surface area (Å²) in [5.74, 6) is -4.80. The van der Waals surface area contributed by atoms with Crippen LogP contribution in [0.2, 0.25) is 0 Å². The lowest BCUT2D eigenvalue weighted by molar-refractivity contribution is -0.144. The number of carbonyl (C=O) groups excluding carboxylic acids is 3. The molecule has 0 saturated carbocycles. The molecule has 0 spiro atoms. The summed E-state index contributed by atoms with van der Waals surface area (Å²) in [5, 5.41) is 32.5. The Bertz CT molecular complexity index is 926. The van der Waals surface area contributed by atoms with E-state index in [2.05, 4.69) is 23.3 Å². The van der Waals surface area contributed by atoms with Crippen LogP contribution in [0.4, 0.5) is 0 Å². The van der Waals surface area contributed by atoms with Crippen molar-refractivity contribution in [3.63, 3.8) is 0 Å². The second-order valence-electron chi connectivity index (χ2n) is 7.91. The number of nitrogens with two attached hydrogens (primary N) is 1. The number of rotatable bonds is 11. The second kappa shape index (κ2) is 12.2. The third-order valence-electron chi connectivity index (χ3n) is 5.36. The number of nitrogens with one attached hydrogen (secondary N) is 2. The molecule has 1 aromatic carbocycles. The van der Waals surface area contributed by atoms with Gasteiger partial charge in [-0.2, -0.15) is 12.6 Å². The fourth-order valence-electron chi connectivity index (χ4n) is 3.59. The van der Waals surface area contributed by atoms with Crippen LogP contribution in [0.25, 0.3) is 0 Å². The normalized spacial score (nSPS) is 17.9. The average Bonchev–Trinajstić information content (AvgIpc) is 3.27. The lowest BCUT2D eigenvalue weighted by atomic mass is 10.0. The van der Waals surface area contributed by atoms with Crippen molar-refractivity contribution in [1.82, 2.24) is 15.5 Å². The Morgan fingerprint density at radius 3 is 2.29 bits per heavy atom. The number of benzene rings is 1. The van der Waals surface area contributed by atoms with Gasteiger partial charge >= 0.3 is 11.9 Å². The van der Waals surface area contributed by atoms with Gasteiger partial charge < -0.3 is 36.6 Å². The van der Waals surface area contributed by atoms with Crippen LogP contribution in [0.5, 0.6) is 5.75 Å². The molecule has 0 radical (unpaired) electrons. The van der Waals surface area contributed by atoms with Crippen LogP contribution in [0, 0.1) is 0 Å². The minimum absolute atomic E-state index is 0.00705. The monoisotopic (exact) mass is 496 g/mol. The van der Waals surface area contributed by atoms with Crippen LogP contribution in [0.1, 0.15) is 24.8 Å². The third kappa shape index (κ3) is 7.35. The summed E-state index contributed by atoms with van der Waals surface area (Å²) in [7, 11) is 0. The summed E-state index contributed by atoms with van der Waals surface area (Å²) in [6.07, 6.45) is 0.171. The van der Waals surface area contributed by atoms with Gasteiger partial charge in [-0.15, -0.1) is 0 Å². The number of hydrogen-bond donors (Lipinski definition) is 7. The van der Waals surface area contributed by atoms with Crippen LogP contribution in [0.3, 0.4) is 0 Å². The molecule has 0 bridgehead atoms. The SMILES string of the molecule is NC(CC(=O)O)C(=O)N1CCCC1C(=O)NC(Cc1ccc(O)cc1)C(=O)NC(CS)C(=O)O. The Morgan fingerprint density at radius 1 is 1.09 bits per heavy atom. The molecule has 34 heavy (non-hydrogen) atoms. The van der Waals surface area contributed by atoms with E-state index in [1.165, 1.54) is 17.0 Å². The molecular formula is C21H28N4O8S. The van der Waals surface area contributed by atoms with Crippen molar-refractivity contribution in [3.05, 3.63) is 29.8 Å². The predicted molar refractivity (Wildman–Crippen MR) is 122 cm³/mol. The zero-order valence-electron chi connectivity index (χ0n) is 18.2. The summed E-state index contributed by atoms with van der Waals surface area (Å²) in [4.78, 5) is 61.8. The molecule has 4 unspecified atom stereocenters. The zero-order valence-corrected chi connectivity index (χ0v) is 19.1. The standard InChI is InChI=1S/C21H28N4O8S/c22-13(9-17(27)28)20(31)25-7-1-2-16(25)19(30)23-14(8-11-3-5-12(26)6-4-11)18(29)24-15(10-34)21(32)33/h3-6,13-16,26,34H,1-2,7-10,22H2,(H,23,30)(H,24,29)(H,27,28)(H,32,33). The maximum absolute atomic E-state index is 13.0. The summed E-state index contributed by atoms with van der Waals surface area (Å²) in [6, 6.07) is 1.16. The van der Waals surface area contributed by atoms with E-state index in [4.69, 9.17) is 10.8 Å². The number of aromatic hydroxyl groups is 1. The predicted octanol–water partition coefficient (Wildman–Crippen LogP) is -1.29. The minimum Gasteiger partial charge on any atom is -0.508 e. The molecule has 7 N–H and O–H groups in total. The number of amides is 3. The summed E-state index contributed by atoms with van der Waals surface area (Å²) < 4.78 is 0. The van der Waals surface area contributed by atoms with Gasteiger partial charge in [-0.05, 0) is 30.5 Å². The van der Waals surface area contributed by atoms with E-state index in [1.807, 2.05) is 0 Å². The third-order valence-corrected chi connectivity index (χ3v) is 5.72. The molecule has 186 valence electrons. The van der Waals surface area contributed by atoms with Crippen molar-refractivity contribution in [2.24, 2.45) is 5.73 Å². The lowest BCUT2D eigenvalue weighted by Crippen LogP contribution is -2.57. The van der Waals surface area contributed by atoms with E-state index in [0.29, 0.717) is 18.4 Å². The van der Waals surface area contributed by atoms with Crippen LogP contribution in [0.15, 0.2) is 24.3 Å². The highest BCUT2D eigenvalue weighted by molar-refractivity contribution is 7.80. The second-order valence-corrected chi connectivity index (χ2v) is 8.27. The van der Waals surface area contributed by atoms with Gasteiger partial charge in [0.25, 0.3) is 0 Å². The molecule has 1 heterocycles. The van der Waals surface area contributed by atoms with Gasteiger partial charge in [0.1, 0.15) is 23.9 Å². The first-order valence-electron chi connectivity index (χ1n) is 10.5. The van der Waals surface area contributed by atoms with Crippen LogP contribution < -0.4 is 16.4 Å². The number of nitrogens with zero attached hydrogens (tertiary/aromatic N) is 1. The van der Waals surface area contributed by atoms with Gasteiger partial charge in [-0.1, -0.05) is 12.1 Å². The van der Waals surface area contributed by atoms with Gasteiger partial charge in [0.05, 0.1) is 12.5 Å². The van der Waals surface area contributed by atoms with Crippen molar-refractivity contribution >= 4 is 42.3 Å². The van der Waals surface area contributed by atoms with Gasteiger partial charge in [-0.25, -0.2) is 4.79 Å². The first-order valence-corrected chi connectivity index (χ1v) is 11.2. The zero-order chi connectivity index (χ0) is 25.4. The summed E-state index contributed by atoms with van der Waals surface area (Å²) in [6.45, 7) is 0.208. The Kier molecular flexibility index (Phi) is 9.69. The quantitative estimate of drug-likeness (QED) is 0.182. The average molecular weight is 497 g/mol. The largest absolute Gasteiger partial charge is 0.508 e. The number of phenolic OH excluding ortho intramolecular Hbond substituents is 1. The molecule has 0 aromatic heterocycles. The van der Waals surface area contributed by atoms with Gasteiger partial charge in [-0.3, -0.25) is 19.2 Å². The Labute approximate surface area is 200 Å². The number of hydrogen-bond acceptors (Lipinski definition) is 8. The number of carboxylic acids is 2. The molecule has 12 nitrogen and oxygen atoms in total. The van der Waals surface area contributed by atoms with E-state index in [9.17, 15) is 34.2 Å². The van der Waals surface area contributed by atoms with Crippen LogP contribution >= 0.6 is 12.6 Å². The molecule has 1 aliphatic rings. The van der Waals surface area contributed by atoms with Crippen LogP contribution in [-0.2, 0) is 30.4 Å². The van der Waals surface area contributed by atoms with Crippen molar-refractivity contribution < 1.29 is 39.3 Å². The van der Waals surface area contributed by atoms with Crippen molar-refractivity contribution in [3.8, 4) is 5.75 Å². The van der Waals surface area contributed by atoms with Gasteiger partial charge in [0.2, 0.25) is 17.7 Å². The molecule has 1 aromatic rings. The number of thiol groups is 1. The molecule has 2 rings (SSSR count). The Hall–Kier alpha value is -3.32. The van der Waals surface area contributed by atoms with E-state index in [1.54, 1.807) is 12.1 Å². The fourth-order valence-corrected chi connectivity index (χ4v) is 3.84. The van der Waals surface area contributed by atoms with E-state index < -0.39 is 60.2 Å². The molecular weight excluding hydrogens is 468 g/mol. The highest BCUT2D eigenvalue weighted by atomic mass is 32.1. The Morgan fingerprint density at radius 2 is 1.74 bits per heavy atom. The summed E-state index contributed by atoms with van der Waals surface area (Å²) in [5.41, 5.74) is 6.25. The van der Waals surface area contributed by atoms with E-state index in [-0.39, 0.29) is 24.5 Å². The van der Waals surface area contributed by atoms with Crippen molar-refractivity contribution in [2.45, 2.75) is 49.9 Å². The Balaban J connectivity index is 2.19. The molecule has 1 saturated heterocycles. The molecule has 3 amide bonds. The molecule has 1 fully saturated rings. The highest BCUT2D eigenvalue weighted by Gasteiger charge is 2.38. The number of aliphatic carboxylic acids is 2. The number of carbonyl (C=O) groups is 5. The van der Waals surface area contributed by atoms with E-state index in [0.717, 1.165) is 0 Å². The topological polar surface area (TPSA) is 199 Å². The fraction of sp³-hybridized carbons (Fsp3) is 0.476. The first kappa shape index (κ1) is 26.9. The molecule has 13 heteroatoms. The maximum atomic E-state index is 13.0. The van der Waals surface area contributed by atoms with Crippen LogP contribution in [-0.4, -0.2) is 86.3 Å². The number of carboxylic acid groups (broad SMARTS) is 2.